The van der Waals surface area contributed by atoms with Crippen LogP contribution in [0.4, 0.5) is 11.4 Å². The monoisotopic (exact) mass is 289 g/mol. The SMILES string of the molecule is Cc1cc(N(C)C)ccc1NC(=O)CC1(N)CCCCC1. The summed E-state index contributed by atoms with van der Waals surface area (Å²) in [6.45, 7) is 2.02. The number of hydrogen-bond donors (Lipinski definition) is 2. The largest absolute Gasteiger partial charge is 0.378 e. The van der Waals surface area contributed by atoms with Crippen LogP contribution in [0.5, 0.6) is 0 Å². The van der Waals surface area contributed by atoms with Crippen molar-refractivity contribution in [3.63, 3.8) is 0 Å². The summed E-state index contributed by atoms with van der Waals surface area (Å²) in [7, 11) is 4.02. The van der Waals surface area contributed by atoms with Gasteiger partial charge in [-0.25, -0.2) is 0 Å². The maximum atomic E-state index is 12.3. The lowest BCUT2D eigenvalue weighted by molar-refractivity contribution is -0.117. The van der Waals surface area contributed by atoms with Gasteiger partial charge >= 0.3 is 0 Å². The average molecular weight is 289 g/mol. The molecule has 0 heterocycles. The summed E-state index contributed by atoms with van der Waals surface area (Å²) in [5.74, 6) is 0.0279. The highest BCUT2D eigenvalue weighted by atomic mass is 16.1. The quantitative estimate of drug-likeness (QED) is 0.895. The molecule has 4 heteroatoms. The molecule has 4 nitrogen and oxygen atoms in total. The van der Waals surface area contributed by atoms with Crippen molar-refractivity contribution in [2.75, 3.05) is 24.3 Å². The second-order valence-electron chi connectivity index (χ2n) is 6.54. The predicted octanol–water partition coefficient (Wildman–Crippen LogP) is 3.05. The lowest BCUT2D eigenvalue weighted by Gasteiger charge is -2.32. The van der Waals surface area contributed by atoms with Gasteiger partial charge < -0.3 is 16.0 Å². The van der Waals surface area contributed by atoms with Crippen LogP contribution in [0.1, 0.15) is 44.1 Å². The van der Waals surface area contributed by atoms with Crippen LogP contribution in [0, 0.1) is 6.92 Å². The van der Waals surface area contributed by atoms with Crippen LogP contribution >= 0.6 is 0 Å². The molecule has 1 aliphatic rings. The molecule has 3 N–H and O–H groups in total. The number of benzene rings is 1. The van der Waals surface area contributed by atoms with Crippen molar-refractivity contribution in [2.45, 2.75) is 51.0 Å². The Labute approximate surface area is 127 Å². The molecule has 116 valence electrons. The Morgan fingerprint density at radius 1 is 1.29 bits per heavy atom. The van der Waals surface area contributed by atoms with Gasteiger partial charge in [0.05, 0.1) is 0 Å². The number of aryl methyl sites for hydroxylation is 1. The Hall–Kier alpha value is -1.55. The summed E-state index contributed by atoms with van der Waals surface area (Å²) in [5.41, 5.74) is 9.13. The normalized spacial score (nSPS) is 17.3. The number of carbonyl (C=O) groups is 1. The number of nitrogens with zero attached hydrogens (tertiary/aromatic N) is 1. The summed E-state index contributed by atoms with van der Waals surface area (Å²) in [4.78, 5) is 14.3. The minimum Gasteiger partial charge on any atom is -0.378 e. The van der Waals surface area contributed by atoms with Crippen LogP contribution in [0.15, 0.2) is 18.2 Å². The zero-order valence-electron chi connectivity index (χ0n) is 13.4. The van der Waals surface area contributed by atoms with Crippen molar-refractivity contribution in [1.82, 2.24) is 0 Å². The standard InChI is InChI=1S/C17H27N3O/c1-13-11-14(20(2)3)7-8-15(13)19-16(21)12-17(18)9-5-4-6-10-17/h7-8,11H,4-6,9-10,12,18H2,1-3H3,(H,19,21). The van der Waals surface area contributed by atoms with E-state index in [1.165, 1.54) is 6.42 Å². The van der Waals surface area contributed by atoms with Crippen LogP contribution in [-0.2, 0) is 4.79 Å². The van der Waals surface area contributed by atoms with E-state index in [0.717, 1.165) is 42.6 Å². The van der Waals surface area contributed by atoms with Crippen molar-refractivity contribution in [1.29, 1.82) is 0 Å². The Morgan fingerprint density at radius 3 is 2.52 bits per heavy atom. The van der Waals surface area contributed by atoms with Crippen LogP contribution < -0.4 is 16.0 Å². The molecule has 2 rings (SSSR count). The van der Waals surface area contributed by atoms with E-state index in [0.29, 0.717) is 6.42 Å². The van der Waals surface area contributed by atoms with Gasteiger partial charge in [0.25, 0.3) is 0 Å². The molecule has 0 aromatic heterocycles. The number of nitrogens with one attached hydrogen (secondary N) is 1. The summed E-state index contributed by atoms with van der Waals surface area (Å²) in [6, 6.07) is 6.06. The van der Waals surface area contributed by atoms with Gasteiger partial charge in [0, 0.05) is 37.4 Å². The Balaban J connectivity index is 1.99. The first-order valence-corrected chi connectivity index (χ1v) is 7.76. The first-order chi connectivity index (χ1) is 9.89. The second-order valence-corrected chi connectivity index (χ2v) is 6.54. The third-order valence-corrected chi connectivity index (χ3v) is 4.36. The van der Waals surface area contributed by atoms with E-state index in [1.54, 1.807) is 0 Å². The molecular weight excluding hydrogens is 262 g/mol. The van der Waals surface area contributed by atoms with Crippen molar-refractivity contribution in [2.24, 2.45) is 5.73 Å². The van der Waals surface area contributed by atoms with Crippen molar-refractivity contribution in [3.05, 3.63) is 23.8 Å². The maximum Gasteiger partial charge on any atom is 0.226 e. The van der Waals surface area contributed by atoms with Gasteiger partial charge in [-0.1, -0.05) is 19.3 Å². The summed E-state index contributed by atoms with van der Waals surface area (Å²) >= 11 is 0. The molecule has 0 radical (unpaired) electrons. The lowest BCUT2D eigenvalue weighted by Crippen LogP contribution is -2.44. The van der Waals surface area contributed by atoms with E-state index in [1.807, 2.05) is 33.2 Å². The molecule has 21 heavy (non-hydrogen) atoms. The minimum atomic E-state index is -0.306. The van der Waals surface area contributed by atoms with Crippen LogP contribution in [-0.4, -0.2) is 25.5 Å². The predicted molar refractivity (Wildman–Crippen MR) is 88.8 cm³/mol. The van der Waals surface area contributed by atoms with Gasteiger partial charge in [-0.15, -0.1) is 0 Å². The molecule has 0 unspecified atom stereocenters. The molecule has 1 fully saturated rings. The number of anilines is 2. The van der Waals surface area contributed by atoms with Crippen molar-refractivity contribution < 1.29 is 4.79 Å². The highest BCUT2D eigenvalue weighted by Gasteiger charge is 2.30. The van der Waals surface area contributed by atoms with E-state index in [2.05, 4.69) is 16.3 Å². The Morgan fingerprint density at radius 2 is 1.95 bits per heavy atom. The molecule has 1 amide bonds. The first-order valence-electron chi connectivity index (χ1n) is 7.76. The van der Waals surface area contributed by atoms with E-state index in [4.69, 9.17) is 5.73 Å². The van der Waals surface area contributed by atoms with Crippen LogP contribution in [0.25, 0.3) is 0 Å². The summed E-state index contributed by atoms with van der Waals surface area (Å²) in [5, 5.41) is 3.01. The smallest absolute Gasteiger partial charge is 0.226 e. The van der Waals surface area contributed by atoms with E-state index >= 15 is 0 Å². The van der Waals surface area contributed by atoms with Gasteiger partial charge in [0.15, 0.2) is 0 Å². The van der Waals surface area contributed by atoms with E-state index < -0.39 is 0 Å². The third kappa shape index (κ3) is 4.21. The lowest BCUT2D eigenvalue weighted by atomic mass is 9.80. The molecule has 1 aliphatic carbocycles. The molecule has 0 aliphatic heterocycles. The highest BCUT2D eigenvalue weighted by molar-refractivity contribution is 5.92. The van der Waals surface area contributed by atoms with Gasteiger partial charge in [-0.3, -0.25) is 4.79 Å². The molecular formula is C17H27N3O. The zero-order valence-corrected chi connectivity index (χ0v) is 13.4. The fourth-order valence-electron chi connectivity index (χ4n) is 3.01. The van der Waals surface area contributed by atoms with Gasteiger partial charge in [0.2, 0.25) is 5.91 Å². The maximum absolute atomic E-state index is 12.3. The Kier molecular flexibility index (Phi) is 4.88. The average Bonchev–Trinajstić information content (AvgIpc) is 2.41. The minimum absolute atomic E-state index is 0.0279. The molecule has 0 spiro atoms. The molecule has 0 bridgehead atoms. The second kappa shape index (κ2) is 6.48. The van der Waals surface area contributed by atoms with Crippen molar-refractivity contribution >= 4 is 17.3 Å². The van der Waals surface area contributed by atoms with E-state index in [-0.39, 0.29) is 11.4 Å². The summed E-state index contributed by atoms with van der Waals surface area (Å²) < 4.78 is 0. The van der Waals surface area contributed by atoms with E-state index in [9.17, 15) is 4.79 Å². The third-order valence-electron chi connectivity index (χ3n) is 4.36. The summed E-state index contributed by atoms with van der Waals surface area (Å²) in [6.07, 6.45) is 5.85. The number of amides is 1. The zero-order chi connectivity index (χ0) is 15.5. The molecule has 0 saturated heterocycles. The fourth-order valence-corrected chi connectivity index (χ4v) is 3.01. The van der Waals surface area contributed by atoms with Gasteiger partial charge in [-0.05, 0) is 43.5 Å². The first kappa shape index (κ1) is 15.8. The number of hydrogen-bond acceptors (Lipinski definition) is 3. The Bertz CT molecular complexity index is 505. The molecule has 1 aromatic carbocycles. The van der Waals surface area contributed by atoms with Crippen molar-refractivity contribution in [3.8, 4) is 0 Å². The number of carbonyl (C=O) groups excluding carboxylic acids is 1. The molecule has 0 atom stereocenters. The highest BCUT2D eigenvalue weighted by Crippen LogP contribution is 2.29. The topological polar surface area (TPSA) is 58.4 Å². The molecule has 1 aromatic rings. The van der Waals surface area contributed by atoms with Crippen LogP contribution in [0.2, 0.25) is 0 Å². The fraction of sp³-hybridized carbons (Fsp3) is 0.588. The van der Waals surface area contributed by atoms with Crippen LogP contribution in [0.3, 0.4) is 0 Å². The number of rotatable bonds is 4. The van der Waals surface area contributed by atoms with Gasteiger partial charge in [-0.2, -0.15) is 0 Å². The number of nitrogens with two attached hydrogens (primary N) is 1. The molecule has 1 saturated carbocycles. The van der Waals surface area contributed by atoms with Gasteiger partial charge in [0.1, 0.15) is 0 Å².